The molecule has 0 spiro atoms. The predicted octanol–water partition coefficient (Wildman–Crippen LogP) is 2.36. The summed E-state index contributed by atoms with van der Waals surface area (Å²) in [5, 5.41) is 8.18. The summed E-state index contributed by atoms with van der Waals surface area (Å²) >= 11 is 0. The van der Waals surface area contributed by atoms with Crippen LogP contribution in [-0.2, 0) is 32.4 Å². The Balaban J connectivity index is 1.55. The maximum atomic E-state index is 12.6. The van der Waals surface area contributed by atoms with Gasteiger partial charge in [-0.2, -0.15) is 0 Å². The lowest BCUT2D eigenvalue weighted by Gasteiger charge is -2.11. The highest BCUT2D eigenvalue weighted by atomic mass is 16.5. The van der Waals surface area contributed by atoms with E-state index >= 15 is 0 Å². The zero-order valence-electron chi connectivity index (χ0n) is 18.6. The van der Waals surface area contributed by atoms with Crippen molar-refractivity contribution in [2.24, 2.45) is 21.1 Å². The third-order valence-electron chi connectivity index (χ3n) is 5.87. The van der Waals surface area contributed by atoms with Crippen molar-refractivity contribution in [3.05, 3.63) is 45.5 Å². The van der Waals surface area contributed by atoms with Crippen LogP contribution in [0.2, 0.25) is 0 Å². The lowest BCUT2D eigenvalue weighted by molar-refractivity contribution is -0.116. The van der Waals surface area contributed by atoms with E-state index in [0.29, 0.717) is 24.4 Å². The van der Waals surface area contributed by atoms with E-state index in [1.165, 1.54) is 0 Å². The molecule has 4 aromatic rings. The Labute approximate surface area is 179 Å². The first-order chi connectivity index (χ1) is 14.7. The average molecular weight is 422 g/mol. The normalized spacial score (nSPS) is 11.4. The second-order valence-electron chi connectivity index (χ2n) is 7.78. The second-order valence-corrected chi connectivity index (χ2v) is 7.78. The Morgan fingerprint density at radius 1 is 1.13 bits per heavy atom. The number of carbonyl (C=O) groups is 1. The highest BCUT2D eigenvalue weighted by Gasteiger charge is 2.18. The molecule has 9 heteroatoms. The number of anilines is 1. The van der Waals surface area contributed by atoms with Gasteiger partial charge >= 0.3 is 5.69 Å². The number of nitrogens with one attached hydrogen (secondary N) is 1. The van der Waals surface area contributed by atoms with Crippen LogP contribution in [-0.4, -0.2) is 36.9 Å². The molecule has 3 heterocycles. The topological polar surface area (TPSA) is 96.0 Å². The van der Waals surface area contributed by atoms with Crippen LogP contribution in [0.3, 0.4) is 0 Å². The van der Waals surface area contributed by atoms with Crippen molar-refractivity contribution in [2.75, 3.05) is 12.4 Å². The van der Waals surface area contributed by atoms with Gasteiger partial charge in [-0.25, -0.2) is 14.5 Å². The molecule has 3 aromatic heterocycles. The molecule has 0 fully saturated rings. The molecule has 0 aliphatic carbocycles. The number of pyridine rings is 1. The Morgan fingerprint density at radius 2 is 1.84 bits per heavy atom. The number of carbonyl (C=O) groups excluding carboxylic acids is 1. The van der Waals surface area contributed by atoms with Gasteiger partial charge in [0.05, 0.1) is 23.5 Å². The third-order valence-corrected chi connectivity index (χ3v) is 5.87. The summed E-state index contributed by atoms with van der Waals surface area (Å²) in [6.07, 6.45) is 0.861. The number of amides is 1. The van der Waals surface area contributed by atoms with Gasteiger partial charge in [0.2, 0.25) is 11.8 Å². The van der Waals surface area contributed by atoms with Crippen molar-refractivity contribution in [3.63, 3.8) is 0 Å². The minimum absolute atomic E-state index is 0.0989. The molecule has 1 N–H and O–H groups in total. The Hall–Kier alpha value is -3.62. The highest BCUT2D eigenvalue weighted by molar-refractivity contribution is 5.93. The van der Waals surface area contributed by atoms with E-state index in [0.717, 1.165) is 38.9 Å². The van der Waals surface area contributed by atoms with Gasteiger partial charge in [0.15, 0.2) is 5.65 Å². The quantitative estimate of drug-likeness (QED) is 0.533. The fraction of sp³-hybridized carbons (Fsp3) is 0.364. The molecule has 0 saturated carbocycles. The molecule has 0 radical (unpaired) electrons. The molecule has 0 bridgehead atoms. The van der Waals surface area contributed by atoms with E-state index in [2.05, 4.69) is 15.4 Å². The number of benzene rings is 1. The van der Waals surface area contributed by atoms with Gasteiger partial charge in [0.25, 0.3) is 0 Å². The lowest BCUT2D eigenvalue weighted by atomic mass is 10.00. The Morgan fingerprint density at radius 3 is 2.55 bits per heavy atom. The van der Waals surface area contributed by atoms with Crippen molar-refractivity contribution >= 4 is 33.7 Å². The van der Waals surface area contributed by atoms with Crippen LogP contribution in [0.5, 0.6) is 5.88 Å². The number of hydrogen-bond donors (Lipinski definition) is 1. The molecule has 162 valence electrons. The van der Waals surface area contributed by atoms with Gasteiger partial charge < -0.3 is 10.1 Å². The van der Waals surface area contributed by atoms with Crippen LogP contribution in [0.1, 0.15) is 23.2 Å². The van der Waals surface area contributed by atoms with Crippen LogP contribution >= 0.6 is 0 Å². The smallest absolute Gasteiger partial charge is 0.328 e. The van der Waals surface area contributed by atoms with Gasteiger partial charge in [-0.15, -0.1) is 5.10 Å². The standard InChI is InChI=1S/C22H26N6O3/c1-12-15(13(2)23-20-19(12)21(31-6)25-28(20)5)8-10-18(29)24-14-7-9-16-17(11-14)27(4)22(30)26(16)3/h7,9,11H,8,10H2,1-6H3,(H,24,29). The van der Waals surface area contributed by atoms with Crippen LogP contribution in [0, 0.1) is 13.8 Å². The average Bonchev–Trinajstić information content (AvgIpc) is 3.17. The van der Waals surface area contributed by atoms with E-state index in [1.807, 2.05) is 39.1 Å². The zero-order valence-corrected chi connectivity index (χ0v) is 18.6. The molecule has 31 heavy (non-hydrogen) atoms. The summed E-state index contributed by atoms with van der Waals surface area (Å²) in [5.74, 6) is 0.437. The minimum atomic E-state index is -0.0997. The number of ether oxygens (including phenoxy) is 1. The van der Waals surface area contributed by atoms with Gasteiger partial charge in [-0.05, 0) is 49.6 Å². The first kappa shape index (κ1) is 20.6. The number of fused-ring (bicyclic) bond motifs is 2. The van der Waals surface area contributed by atoms with Crippen molar-refractivity contribution < 1.29 is 9.53 Å². The van der Waals surface area contributed by atoms with Crippen molar-refractivity contribution in [2.45, 2.75) is 26.7 Å². The number of aromatic nitrogens is 5. The maximum Gasteiger partial charge on any atom is 0.328 e. The molecule has 0 aliphatic heterocycles. The zero-order chi connectivity index (χ0) is 22.4. The molecule has 1 aromatic carbocycles. The Bertz CT molecular complexity index is 1390. The molecule has 0 saturated heterocycles. The van der Waals surface area contributed by atoms with Crippen LogP contribution in [0.25, 0.3) is 22.1 Å². The summed E-state index contributed by atoms with van der Waals surface area (Å²) in [6.45, 7) is 3.96. The van der Waals surface area contributed by atoms with E-state index in [4.69, 9.17) is 4.74 Å². The molecular formula is C22H26N6O3. The molecular weight excluding hydrogens is 396 g/mol. The number of hydrogen-bond acceptors (Lipinski definition) is 5. The van der Waals surface area contributed by atoms with Crippen LogP contribution in [0.15, 0.2) is 23.0 Å². The van der Waals surface area contributed by atoms with E-state index in [9.17, 15) is 9.59 Å². The summed E-state index contributed by atoms with van der Waals surface area (Å²) in [7, 11) is 6.88. The van der Waals surface area contributed by atoms with Gasteiger partial charge in [0.1, 0.15) is 0 Å². The van der Waals surface area contributed by atoms with Gasteiger partial charge in [-0.1, -0.05) is 0 Å². The van der Waals surface area contributed by atoms with E-state index in [1.54, 1.807) is 35.0 Å². The second kappa shape index (κ2) is 7.57. The van der Waals surface area contributed by atoms with Crippen LogP contribution in [0.4, 0.5) is 5.69 Å². The predicted molar refractivity (Wildman–Crippen MR) is 120 cm³/mol. The molecule has 0 atom stereocenters. The summed E-state index contributed by atoms with van der Waals surface area (Å²) in [5.41, 5.74) is 5.85. The third kappa shape index (κ3) is 3.35. The first-order valence-corrected chi connectivity index (χ1v) is 10.0. The number of imidazole rings is 1. The number of rotatable bonds is 5. The summed E-state index contributed by atoms with van der Waals surface area (Å²) < 4.78 is 10.3. The van der Waals surface area contributed by atoms with Crippen molar-refractivity contribution in [3.8, 4) is 5.88 Å². The first-order valence-electron chi connectivity index (χ1n) is 10.0. The summed E-state index contributed by atoms with van der Waals surface area (Å²) in [6, 6.07) is 5.47. The monoisotopic (exact) mass is 422 g/mol. The fourth-order valence-electron chi connectivity index (χ4n) is 4.15. The van der Waals surface area contributed by atoms with Crippen molar-refractivity contribution in [1.29, 1.82) is 0 Å². The van der Waals surface area contributed by atoms with E-state index < -0.39 is 0 Å². The lowest BCUT2D eigenvalue weighted by Crippen LogP contribution is -2.19. The summed E-state index contributed by atoms with van der Waals surface area (Å²) in [4.78, 5) is 29.4. The Kier molecular flexibility index (Phi) is 5.04. The van der Waals surface area contributed by atoms with Crippen LogP contribution < -0.4 is 15.7 Å². The molecule has 1 amide bonds. The largest absolute Gasteiger partial charge is 0.479 e. The van der Waals surface area contributed by atoms with E-state index in [-0.39, 0.29) is 11.6 Å². The number of aryl methyl sites for hydroxylation is 5. The fourth-order valence-corrected chi connectivity index (χ4v) is 4.15. The molecule has 0 aliphatic rings. The molecule has 0 unspecified atom stereocenters. The number of nitrogens with zero attached hydrogens (tertiary/aromatic N) is 5. The minimum Gasteiger partial charge on any atom is -0.479 e. The SMILES string of the molecule is COc1nn(C)c2nc(C)c(CCC(=O)Nc3ccc4c(c3)n(C)c(=O)n4C)c(C)c12. The van der Waals surface area contributed by atoms with Gasteiger partial charge in [-0.3, -0.25) is 13.9 Å². The van der Waals surface area contributed by atoms with Gasteiger partial charge in [0, 0.05) is 38.9 Å². The highest BCUT2D eigenvalue weighted by Crippen LogP contribution is 2.30. The number of methoxy groups -OCH3 is 1. The van der Waals surface area contributed by atoms with Crippen molar-refractivity contribution in [1.82, 2.24) is 23.9 Å². The molecule has 4 rings (SSSR count). The molecule has 9 nitrogen and oxygen atoms in total. The maximum absolute atomic E-state index is 12.6.